The minimum absolute atomic E-state index is 0.0221. The summed E-state index contributed by atoms with van der Waals surface area (Å²) in [6, 6.07) is 21.6. The Kier molecular flexibility index (Phi) is 4.69. The molecule has 0 saturated carbocycles. The van der Waals surface area contributed by atoms with Crippen molar-refractivity contribution >= 4 is 43.4 Å². The number of rotatable bonds is 2. The van der Waals surface area contributed by atoms with Crippen LogP contribution in [0.2, 0.25) is 0 Å². The molecule has 3 aromatic carbocycles. The molecule has 0 saturated heterocycles. The number of furan rings is 1. The van der Waals surface area contributed by atoms with E-state index in [4.69, 9.17) is 9.40 Å². The van der Waals surface area contributed by atoms with Crippen LogP contribution in [0, 0.1) is 13.8 Å². The summed E-state index contributed by atoms with van der Waals surface area (Å²) in [7, 11) is 0. The lowest BCUT2D eigenvalue weighted by molar-refractivity contribution is 0.589. The van der Waals surface area contributed by atoms with Crippen LogP contribution < -0.4 is 0 Å². The molecule has 0 bridgehead atoms. The Morgan fingerprint density at radius 2 is 1.62 bits per heavy atom. The third-order valence-electron chi connectivity index (χ3n) is 6.82. The second kappa shape index (κ2) is 7.54. The first-order chi connectivity index (χ1) is 16.3. The van der Waals surface area contributed by atoms with Gasteiger partial charge in [0.15, 0.2) is 0 Å². The van der Waals surface area contributed by atoms with Crippen LogP contribution >= 0.6 is 11.3 Å². The van der Waals surface area contributed by atoms with Crippen molar-refractivity contribution in [1.82, 2.24) is 4.98 Å². The minimum Gasteiger partial charge on any atom is -0.455 e. The van der Waals surface area contributed by atoms with Crippen molar-refractivity contribution in [1.29, 1.82) is 0 Å². The van der Waals surface area contributed by atoms with Gasteiger partial charge in [-0.3, -0.25) is 4.98 Å². The van der Waals surface area contributed by atoms with Crippen molar-refractivity contribution in [2.45, 2.75) is 40.0 Å². The quantitative estimate of drug-likeness (QED) is 0.257. The fourth-order valence-corrected chi connectivity index (χ4v) is 6.11. The van der Waals surface area contributed by atoms with Crippen LogP contribution in [0.15, 0.2) is 76.7 Å². The number of pyridine rings is 1. The van der Waals surface area contributed by atoms with Crippen LogP contribution in [0.25, 0.3) is 54.4 Å². The molecule has 3 heteroatoms. The van der Waals surface area contributed by atoms with Gasteiger partial charge in [-0.15, -0.1) is 11.3 Å². The van der Waals surface area contributed by atoms with E-state index in [1.54, 1.807) is 11.3 Å². The Morgan fingerprint density at radius 1 is 0.853 bits per heavy atom. The second-order valence-corrected chi connectivity index (χ2v) is 11.1. The molecule has 0 amide bonds. The molecule has 0 aliphatic rings. The Hall–Kier alpha value is -3.43. The van der Waals surface area contributed by atoms with Gasteiger partial charge < -0.3 is 4.42 Å². The molecule has 0 atom stereocenters. The standard InChI is InChI=1S/C31H27NOS/c1-18-8-6-9-19(2)27(18)23-16-25(32-17-24(23)31(3,4)5)21-10-7-11-22-28-26(33-29(21)22)13-12-20-14-15-34-30(20)28/h6-17H,1-5H3. The Labute approximate surface area is 203 Å². The molecule has 168 valence electrons. The normalized spacial score (nSPS) is 12.3. The molecule has 3 aromatic heterocycles. The number of hydrogen-bond donors (Lipinski definition) is 0. The van der Waals surface area contributed by atoms with Gasteiger partial charge in [0.05, 0.1) is 5.69 Å². The molecule has 3 heterocycles. The summed E-state index contributed by atoms with van der Waals surface area (Å²) in [5.41, 5.74) is 10.2. The van der Waals surface area contributed by atoms with E-state index in [1.807, 2.05) is 0 Å². The van der Waals surface area contributed by atoms with Crippen LogP contribution in [0.3, 0.4) is 0 Å². The first-order valence-corrected chi connectivity index (χ1v) is 12.6. The van der Waals surface area contributed by atoms with Gasteiger partial charge in [-0.05, 0) is 88.2 Å². The van der Waals surface area contributed by atoms with Gasteiger partial charge in [-0.1, -0.05) is 51.1 Å². The molecule has 0 fully saturated rings. The lowest BCUT2D eigenvalue weighted by atomic mass is 9.80. The SMILES string of the molecule is Cc1cccc(C)c1-c1cc(-c2cccc3c2oc2ccc4ccsc4c23)ncc1C(C)(C)C. The summed E-state index contributed by atoms with van der Waals surface area (Å²) in [5, 5.41) is 5.76. The minimum atomic E-state index is -0.0221. The monoisotopic (exact) mass is 461 g/mol. The van der Waals surface area contributed by atoms with Gasteiger partial charge in [0.25, 0.3) is 0 Å². The molecule has 6 aromatic rings. The Morgan fingerprint density at radius 3 is 2.38 bits per heavy atom. The molecule has 0 unspecified atom stereocenters. The van der Waals surface area contributed by atoms with Crippen LogP contribution in [0.4, 0.5) is 0 Å². The summed E-state index contributed by atoms with van der Waals surface area (Å²) in [6.45, 7) is 11.2. The van der Waals surface area contributed by atoms with Crippen molar-refractivity contribution in [2.75, 3.05) is 0 Å². The number of aryl methyl sites for hydroxylation is 2. The Bertz CT molecular complexity index is 1690. The predicted molar refractivity (Wildman–Crippen MR) is 146 cm³/mol. The molecule has 6 rings (SSSR count). The topological polar surface area (TPSA) is 26.0 Å². The van der Waals surface area contributed by atoms with E-state index < -0.39 is 0 Å². The highest BCUT2D eigenvalue weighted by Gasteiger charge is 2.23. The number of hydrogen-bond acceptors (Lipinski definition) is 3. The second-order valence-electron chi connectivity index (χ2n) is 10.2. The van der Waals surface area contributed by atoms with Crippen molar-refractivity contribution in [2.24, 2.45) is 0 Å². The van der Waals surface area contributed by atoms with E-state index in [9.17, 15) is 0 Å². The van der Waals surface area contributed by atoms with Crippen molar-refractivity contribution in [3.63, 3.8) is 0 Å². The van der Waals surface area contributed by atoms with Gasteiger partial charge in [0.2, 0.25) is 0 Å². The highest BCUT2D eigenvalue weighted by Crippen LogP contribution is 2.42. The van der Waals surface area contributed by atoms with E-state index >= 15 is 0 Å². The van der Waals surface area contributed by atoms with Gasteiger partial charge in [0.1, 0.15) is 11.2 Å². The fourth-order valence-electron chi connectivity index (χ4n) is 5.16. The molecule has 0 radical (unpaired) electrons. The van der Waals surface area contributed by atoms with Crippen LogP contribution in [0.5, 0.6) is 0 Å². The van der Waals surface area contributed by atoms with Crippen LogP contribution in [0.1, 0.15) is 37.5 Å². The maximum atomic E-state index is 6.47. The van der Waals surface area contributed by atoms with Gasteiger partial charge in [0, 0.05) is 27.2 Å². The number of thiophene rings is 1. The van der Waals surface area contributed by atoms with Crippen LogP contribution in [-0.4, -0.2) is 4.98 Å². The van der Waals surface area contributed by atoms with E-state index in [2.05, 4.69) is 107 Å². The number of benzene rings is 3. The Balaban J connectivity index is 1.65. The third kappa shape index (κ3) is 3.19. The zero-order valence-corrected chi connectivity index (χ0v) is 21.0. The smallest absolute Gasteiger partial charge is 0.144 e. The molecular weight excluding hydrogens is 434 g/mol. The van der Waals surface area contributed by atoms with Gasteiger partial charge in [-0.25, -0.2) is 0 Å². The van der Waals surface area contributed by atoms with E-state index in [1.165, 1.54) is 43.3 Å². The highest BCUT2D eigenvalue weighted by molar-refractivity contribution is 7.18. The van der Waals surface area contributed by atoms with Crippen molar-refractivity contribution in [3.05, 3.63) is 88.9 Å². The van der Waals surface area contributed by atoms with Crippen molar-refractivity contribution in [3.8, 4) is 22.4 Å². The summed E-state index contributed by atoms with van der Waals surface area (Å²) in [5.74, 6) is 0. The first-order valence-electron chi connectivity index (χ1n) is 11.7. The predicted octanol–water partition coefficient (Wildman–Crippen LogP) is 9.44. The van der Waals surface area contributed by atoms with E-state index in [0.717, 1.165) is 27.8 Å². The first kappa shape index (κ1) is 21.1. The highest BCUT2D eigenvalue weighted by atomic mass is 32.1. The van der Waals surface area contributed by atoms with Gasteiger partial charge >= 0.3 is 0 Å². The lowest BCUT2D eigenvalue weighted by Crippen LogP contribution is -2.14. The average Bonchev–Trinajstić information content (AvgIpc) is 3.42. The van der Waals surface area contributed by atoms with Gasteiger partial charge in [-0.2, -0.15) is 0 Å². The summed E-state index contributed by atoms with van der Waals surface area (Å²) in [6.07, 6.45) is 2.06. The van der Waals surface area contributed by atoms with E-state index in [0.29, 0.717) is 0 Å². The lowest BCUT2D eigenvalue weighted by Gasteiger charge is -2.25. The average molecular weight is 462 g/mol. The molecule has 0 aliphatic carbocycles. The molecule has 0 aliphatic heterocycles. The van der Waals surface area contributed by atoms with E-state index in [-0.39, 0.29) is 5.41 Å². The molecular formula is C31H27NOS. The maximum absolute atomic E-state index is 6.47. The zero-order chi connectivity index (χ0) is 23.6. The zero-order valence-electron chi connectivity index (χ0n) is 20.2. The largest absolute Gasteiger partial charge is 0.455 e. The molecule has 34 heavy (non-hydrogen) atoms. The molecule has 0 N–H and O–H groups in total. The third-order valence-corrected chi connectivity index (χ3v) is 7.77. The summed E-state index contributed by atoms with van der Waals surface area (Å²) < 4.78 is 7.75. The summed E-state index contributed by atoms with van der Waals surface area (Å²) in [4.78, 5) is 4.98. The van der Waals surface area contributed by atoms with Crippen molar-refractivity contribution < 1.29 is 4.42 Å². The number of fused-ring (bicyclic) bond motifs is 5. The summed E-state index contributed by atoms with van der Waals surface area (Å²) >= 11 is 1.77. The molecule has 0 spiro atoms. The maximum Gasteiger partial charge on any atom is 0.144 e. The number of aromatic nitrogens is 1. The fraction of sp³-hybridized carbons (Fsp3) is 0.194. The van der Waals surface area contributed by atoms with Crippen LogP contribution in [-0.2, 0) is 5.41 Å². The number of nitrogens with zero attached hydrogens (tertiary/aromatic N) is 1. The molecule has 2 nitrogen and oxygen atoms in total. The number of para-hydroxylation sites is 1.